The summed E-state index contributed by atoms with van der Waals surface area (Å²) >= 11 is 12.6. The van der Waals surface area contributed by atoms with Crippen LogP contribution in [0.3, 0.4) is 0 Å². The van der Waals surface area contributed by atoms with E-state index >= 15 is 4.39 Å². The van der Waals surface area contributed by atoms with Gasteiger partial charge in [-0.3, -0.25) is 4.79 Å². The third-order valence-electron chi connectivity index (χ3n) is 10.4. The highest BCUT2D eigenvalue weighted by molar-refractivity contribution is 7.89. The monoisotopic (exact) mass is 800 g/mol. The zero-order chi connectivity index (χ0) is 39.0. The maximum atomic E-state index is 15.2. The van der Waals surface area contributed by atoms with Gasteiger partial charge in [-0.1, -0.05) is 96.0 Å². The molecule has 5 aromatic carbocycles. The zero-order valence-electron chi connectivity index (χ0n) is 31.2. The maximum absolute atomic E-state index is 15.2. The van der Waals surface area contributed by atoms with E-state index in [0.717, 1.165) is 54.7 Å². The van der Waals surface area contributed by atoms with Crippen LogP contribution in [0, 0.1) is 12.7 Å². The third kappa shape index (κ3) is 10.3. The maximum Gasteiger partial charge on any atom is 0.253 e. The van der Waals surface area contributed by atoms with E-state index in [0.29, 0.717) is 27.7 Å². The van der Waals surface area contributed by atoms with Crippen molar-refractivity contribution in [3.8, 4) is 0 Å². The van der Waals surface area contributed by atoms with Crippen LogP contribution in [0.4, 0.5) is 10.1 Å². The van der Waals surface area contributed by atoms with E-state index in [4.69, 9.17) is 23.2 Å². The fourth-order valence-corrected chi connectivity index (χ4v) is 9.18. The van der Waals surface area contributed by atoms with Crippen molar-refractivity contribution >= 4 is 44.8 Å². The molecule has 0 aromatic heterocycles. The lowest BCUT2D eigenvalue weighted by atomic mass is 9.99. The van der Waals surface area contributed by atoms with Crippen LogP contribution in [0.2, 0.25) is 10.0 Å². The number of hydrogen-bond acceptors (Lipinski definition) is 5. The van der Waals surface area contributed by atoms with E-state index in [1.165, 1.54) is 10.4 Å². The molecule has 0 aliphatic carbocycles. The molecule has 11 heteroatoms. The quantitative estimate of drug-likeness (QED) is 0.114. The van der Waals surface area contributed by atoms with Gasteiger partial charge in [-0.15, -0.1) is 0 Å². The van der Waals surface area contributed by atoms with Crippen LogP contribution in [0.15, 0.2) is 126 Å². The summed E-state index contributed by atoms with van der Waals surface area (Å²) in [5, 5.41) is 3.93. The Morgan fingerprint density at radius 3 is 2.05 bits per heavy atom. The lowest BCUT2D eigenvalue weighted by molar-refractivity contribution is 0.0944. The highest BCUT2D eigenvalue weighted by Gasteiger charge is 2.30. The Bertz CT molecular complexity index is 2090. The number of nitrogens with one attached hydrogen (secondary N) is 1. The van der Waals surface area contributed by atoms with Gasteiger partial charge in [0, 0.05) is 67.6 Å². The molecule has 0 saturated carbocycles. The summed E-state index contributed by atoms with van der Waals surface area (Å²) in [6.45, 7) is 6.94. The summed E-state index contributed by atoms with van der Waals surface area (Å²) in [5.74, 6) is -0.511. The van der Waals surface area contributed by atoms with Crippen LogP contribution < -0.4 is 10.2 Å². The average molecular weight is 802 g/mol. The number of carbonyl (C=O) groups excluding carboxylic acids is 1. The zero-order valence-corrected chi connectivity index (χ0v) is 33.5. The van der Waals surface area contributed by atoms with Crippen molar-refractivity contribution < 1.29 is 17.6 Å². The van der Waals surface area contributed by atoms with E-state index in [1.807, 2.05) is 91.9 Å². The number of piperidine rings is 1. The number of likely N-dealkylation sites (tertiary alicyclic amines) is 1. The molecule has 1 fully saturated rings. The van der Waals surface area contributed by atoms with Crippen molar-refractivity contribution in [1.82, 2.24) is 14.5 Å². The highest BCUT2D eigenvalue weighted by atomic mass is 35.5. The van der Waals surface area contributed by atoms with E-state index < -0.39 is 10.0 Å². The van der Waals surface area contributed by atoms with Crippen LogP contribution in [-0.4, -0.2) is 55.2 Å². The molecule has 0 radical (unpaired) electrons. The molecule has 1 heterocycles. The van der Waals surface area contributed by atoms with Gasteiger partial charge >= 0.3 is 0 Å². The van der Waals surface area contributed by atoms with E-state index in [9.17, 15) is 13.2 Å². The number of sulfonamides is 1. The first-order valence-electron chi connectivity index (χ1n) is 18.7. The van der Waals surface area contributed by atoms with Gasteiger partial charge in [0.15, 0.2) is 0 Å². The fourth-order valence-electron chi connectivity index (χ4n) is 7.26. The Kier molecular flexibility index (Phi) is 13.7. The minimum Gasteiger partial charge on any atom is -0.364 e. The van der Waals surface area contributed by atoms with Crippen molar-refractivity contribution in [1.29, 1.82) is 0 Å². The second kappa shape index (κ2) is 18.6. The third-order valence-corrected chi connectivity index (χ3v) is 12.8. The summed E-state index contributed by atoms with van der Waals surface area (Å²) in [6, 6.07) is 36.5. The van der Waals surface area contributed by atoms with E-state index in [1.54, 1.807) is 30.3 Å². The predicted octanol–water partition coefficient (Wildman–Crippen LogP) is 9.51. The van der Waals surface area contributed by atoms with Crippen LogP contribution in [0.25, 0.3) is 0 Å². The molecule has 5 aromatic rings. The molecule has 0 bridgehead atoms. The number of aryl methyl sites for hydroxylation is 1. The molecule has 288 valence electrons. The Morgan fingerprint density at radius 2 is 1.45 bits per heavy atom. The van der Waals surface area contributed by atoms with Crippen molar-refractivity contribution in [2.75, 3.05) is 24.5 Å². The number of carbonyl (C=O) groups is 1. The molecule has 1 saturated heterocycles. The summed E-state index contributed by atoms with van der Waals surface area (Å²) in [7, 11) is -3.89. The Morgan fingerprint density at radius 1 is 0.836 bits per heavy atom. The Balaban J connectivity index is 1.16. The first kappa shape index (κ1) is 40.4. The summed E-state index contributed by atoms with van der Waals surface area (Å²) in [5.41, 5.74) is 4.42. The second-order valence-electron chi connectivity index (χ2n) is 14.2. The highest BCUT2D eigenvalue weighted by Crippen LogP contribution is 2.31. The molecular formula is C44H47Cl2FN4O3S. The van der Waals surface area contributed by atoms with Crippen molar-refractivity contribution in [2.45, 2.75) is 69.7 Å². The van der Waals surface area contributed by atoms with Gasteiger partial charge in [-0.05, 0) is 98.3 Å². The minimum absolute atomic E-state index is 0.0693. The van der Waals surface area contributed by atoms with Crippen LogP contribution in [0.5, 0.6) is 0 Å². The molecule has 1 N–H and O–H groups in total. The normalized spacial score (nSPS) is 14.5. The lowest BCUT2D eigenvalue weighted by Gasteiger charge is -2.42. The van der Waals surface area contributed by atoms with Gasteiger partial charge in [0.2, 0.25) is 10.0 Å². The van der Waals surface area contributed by atoms with Gasteiger partial charge in [0.1, 0.15) is 5.82 Å². The van der Waals surface area contributed by atoms with Crippen LogP contribution >= 0.6 is 23.2 Å². The van der Waals surface area contributed by atoms with Gasteiger partial charge in [-0.2, -0.15) is 4.31 Å². The Labute approximate surface area is 334 Å². The molecule has 0 spiro atoms. The second-order valence-corrected chi connectivity index (χ2v) is 17.0. The van der Waals surface area contributed by atoms with Crippen molar-refractivity contribution in [3.63, 3.8) is 0 Å². The number of benzene rings is 5. The van der Waals surface area contributed by atoms with E-state index in [2.05, 4.69) is 22.0 Å². The molecule has 1 unspecified atom stereocenters. The first-order valence-corrected chi connectivity index (χ1v) is 20.8. The molecule has 1 atom stereocenters. The van der Waals surface area contributed by atoms with E-state index in [-0.39, 0.29) is 48.3 Å². The van der Waals surface area contributed by atoms with Crippen LogP contribution in [0.1, 0.15) is 58.8 Å². The van der Waals surface area contributed by atoms with Crippen molar-refractivity contribution in [2.24, 2.45) is 0 Å². The number of anilines is 1. The SMILES string of the molecule is Cc1cccc(Cl)c1C(=O)NCCC(C)N1CCC(N(Cc2cc(Cl)ccc2F)c2ccc(S(=O)(=O)N(Cc3ccccc3)Cc3ccccc3)cc2)CC1. The molecule has 6 rings (SSSR count). The molecule has 55 heavy (non-hydrogen) atoms. The Hall–Kier alpha value is -4.25. The average Bonchev–Trinajstić information content (AvgIpc) is 3.19. The fraction of sp³-hybridized carbons (Fsp3) is 0.295. The number of amides is 1. The summed E-state index contributed by atoms with van der Waals surface area (Å²) < 4.78 is 45.1. The lowest BCUT2D eigenvalue weighted by Crippen LogP contribution is -2.48. The number of nitrogens with zero attached hydrogens (tertiary/aromatic N) is 3. The molecule has 1 aliphatic rings. The summed E-state index contributed by atoms with van der Waals surface area (Å²) in [4.78, 5) is 17.6. The minimum atomic E-state index is -3.89. The summed E-state index contributed by atoms with van der Waals surface area (Å²) in [6.07, 6.45) is 2.41. The van der Waals surface area contributed by atoms with Gasteiger partial charge < -0.3 is 15.1 Å². The topological polar surface area (TPSA) is 73.0 Å². The van der Waals surface area contributed by atoms with Gasteiger partial charge in [-0.25, -0.2) is 12.8 Å². The van der Waals surface area contributed by atoms with Crippen molar-refractivity contribution in [3.05, 3.63) is 165 Å². The standard InChI is InChI=1S/C44H47Cl2FN4O3S/c1-32-10-9-15-41(46)43(32)44(52)48-25-22-33(2)49-26-23-39(24-27-49)51(31-36-28-37(45)16-21-42(36)47)38-17-19-40(20-18-38)55(53,54)50(29-34-11-5-3-6-12-34)30-35-13-7-4-8-14-35/h3-21,28,33,39H,22-27,29-31H2,1-2H3,(H,48,52). The largest absolute Gasteiger partial charge is 0.364 e. The number of rotatable bonds is 15. The number of halogens is 3. The van der Waals surface area contributed by atoms with Crippen LogP contribution in [-0.2, 0) is 29.7 Å². The molecule has 1 aliphatic heterocycles. The predicted molar refractivity (Wildman–Crippen MR) is 221 cm³/mol. The molecule has 7 nitrogen and oxygen atoms in total. The molecule has 1 amide bonds. The molecular weight excluding hydrogens is 754 g/mol. The van der Waals surface area contributed by atoms with Gasteiger partial charge in [0.25, 0.3) is 5.91 Å². The number of hydrogen-bond donors (Lipinski definition) is 1. The smallest absolute Gasteiger partial charge is 0.253 e. The first-order chi connectivity index (χ1) is 26.5. The van der Waals surface area contributed by atoms with Gasteiger partial charge in [0.05, 0.1) is 15.5 Å².